The summed E-state index contributed by atoms with van der Waals surface area (Å²) >= 11 is 0. The number of benzene rings is 2. The Balaban J connectivity index is 2.08. The summed E-state index contributed by atoms with van der Waals surface area (Å²) in [4.78, 5) is 12.2. The molecule has 2 aromatic carbocycles. The van der Waals surface area contributed by atoms with Crippen molar-refractivity contribution in [1.29, 1.82) is 0 Å². The van der Waals surface area contributed by atoms with Crippen molar-refractivity contribution in [2.75, 3.05) is 20.8 Å². The van der Waals surface area contributed by atoms with Gasteiger partial charge in [-0.1, -0.05) is 0 Å². The fourth-order valence-electron chi connectivity index (χ4n) is 1.98. The van der Waals surface area contributed by atoms with E-state index in [9.17, 15) is 13.2 Å². The van der Waals surface area contributed by atoms with Crippen LogP contribution >= 0.6 is 0 Å². The number of ketones is 1. The number of methoxy groups -OCH3 is 2. The van der Waals surface area contributed by atoms with Crippen LogP contribution in [0.15, 0.2) is 47.4 Å². The number of carbonyl (C=O) groups excluding carboxylic acids is 1. The Morgan fingerprint density at radius 1 is 1.00 bits per heavy atom. The van der Waals surface area contributed by atoms with E-state index in [1.165, 1.54) is 38.5 Å². The normalized spacial score (nSPS) is 11.0. The molecule has 0 amide bonds. The van der Waals surface area contributed by atoms with Crippen molar-refractivity contribution in [3.05, 3.63) is 48.0 Å². The minimum absolute atomic E-state index is 0.0296. The molecule has 2 rings (SSSR count). The molecule has 128 valence electrons. The maximum absolute atomic E-state index is 12.3. The van der Waals surface area contributed by atoms with E-state index in [0.29, 0.717) is 22.8 Å². The van der Waals surface area contributed by atoms with Gasteiger partial charge >= 0.3 is 0 Å². The fourth-order valence-corrected chi connectivity index (χ4v) is 2.50. The molecule has 0 atom stereocenters. The van der Waals surface area contributed by atoms with Gasteiger partial charge in [-0.05, 0) is 36.4 Å². The molecule has 0 bridgehead atoms. The number of hydrogen-bond acceptors (Lipinski definition) is 6. The molecule has 0 saturated carbocycles. The molecule has 7 nitrogen and oxygen atoms in total. The number of Topliss-reactive ketones (excluding diaryl/α,β-unsaturated/α-hetero) is 1. The molecule has 0 radical (unpaired) electrons. The van der Waals surface area contributed by atoms with Crippen LogP contribution in [-0.2, 0) is 10.0 Å². The van der Waals surface area contributed by atoms with Gasteiger partial charge in [0.2, 0.25) is 15.8 Å². The average molecular weight is 351 g/mol. The minimum atomic E-state index is -3.76. The molecule has 0 spiro atoms. The second-order valence-corrected chi connectivity index (χ2v) is 6.36. The fraction of sp³-hybridized carbons (Fsp3) is 0.188. The van der Waals surface area contributed by atoms with Crippen molar-refractivity contribution in [2.45, 2.75) is 4.90 Å². The Hall–Kier alpha value is -2.58. The molecule has 0 aliphatic rings. The quantitative estimate of drug-likeness (QED) is 0.760. The zero-order valence-electron chi connectivity index (χ0n) is 13.2. The average Bonchev–Trinajstić information content (AvgIpc) is 2.58. The van der Waals surface area contributed by atoms with Gasteiger partial charge in [-0.3, -0.25) is 4.79 Å². The van der Waals surface area contributed by atoms with Gasteiger partial charge in [0.1, 0.15) is 17.2 Å². The standard InChI is InChI=1S/C16H17NO6S/c1-21-12-5-8-14(16(9-12)22-2)15(18)10-23-11-3-6-13(7-4-11)24(17,19)20/h3-9H,10H2,1-2H3,(H2,17,19,20). The van der Waals surface area contributed by atoms with E-state index in [-0.39, 0.29) is 17.3 Å². The van der Waals surface area contributed by atoms with Crippen molar-refractivity contribution < 1.29 is 27.4 Å². The number of ether oxygens (including phenoxy) is 3. The van der Waals surface area contributed by atoms with Crippen LogP contribution < -0.4 is 19.3 Å². The Labute approximate surface area is 140 Å². The number of hydrogen-bond donors (Lipinski definition) is 1. The molecular formula is C16H17NO6S. The lowest BCUT2D eigenvalue weighted by Crippen LogP contribution is -2.14. The van der Waals surface area contributed by atoms with Crippen LogP contribution in [0.2, 0.25) is 0 Å². The lowest BCUT2D eigenvalue weighted by Gasteiger charge is -2.10. The molecule has 0 unspecified atom stereocenters. The zero-order chi connectivity index (χ0) is 17.7. The zero-order valence-corrected chi connectivity index (χ0v) is 14.0. The van der Waals surface area contributed by atoms with E-state index in [1.807, 2.05) is 0 Å². The van der Waals surface area contributed by atoms with Gasteiger partial charge in [0.25, 0.3) is 0 Å². The summed E-state index contributed by atoms with van der Waals surface area (Å²) in [5.41, 5.74) is 0.361. The highest BCUT2D eigenvalue weighted by Gasteiger charge is 2.14. The number of rotatable bonds is 7. The summed E-state index contributed by atoms with van der Waals surface area (Å²) in [5, 5.41) is 5.01. The smallest absolute Gasteiger partial charge is 0.238 e. The molecule has 0 aliphatic heterocycles. The molecule has 0 heterocycles. The number of carbonyl (C=O) groups is 1. The van der Waals surface area contributed by atoms with E-state index in [0.717, 1.165) is 0 Å². The van der Waals surface area contributed by atoms with Crippen molar-refractivity contribution in [2.24, 2.45) is 5.14 Å². The van der Waals surface area contributed by atoms with Crippen LogP contribution in [0.25, 0.3) is 0 Å². The SMILES string of the molecule is COc1ccc(C(=O)COc2ccc(S(N)(=O)=O)cc2)c(OC)c1. The molecule has 8 heteroatoms. The number of nitrogens with two attached hydrogens (primary N) is 1. The van der Waals surface area contributed by atoms with Crippen LogP contribution in [0.3, 0.4) is 0 Å². The van der Waals surface area contributed by atoms with Crippen LogP contribution in [0, 0.1) is 0 Å². The molecule has 0 aromatic heterocycles. The van der Waals surface area contributed by atoms with Gasteiger partial charge in [0, 0.05) is 6.07 Å². The third kappa shape index (κ3) is 4.24. The minimum Gasteiger partial charge on any atom is -0.497 e. The Bertz CT molecular complexity index is 830. The summed E-state index contributed by atoms with van der Waals surface area (Å²) in [6, 6.07) is 10.3. The predicted octanol–water partition coefficient (Wildman–Crippen LogP) is 1.61. The topological polar surface area (TPSA) is 105 Å². The van der Waals surface area contributed by atoms with Crippen molar-refractivity contribution in [1.82, 2.24) is 0 Å². The maximum Gasteiger partial charge on any atom is 0.238 e. The van der Waals surface area contributed by atoms with Crippen LogP contribution in [0.1, 0.15) is 10.4 Å². The third-order valence-corrected chi connectivity index (χ3v) is 4.16. The summed E-state index contributed by atoms with van der Waals surface area (Å²) in [5.74, 6) is 1.02. The molecular weight excluding hydrogens is 334 g/mol. The maximum atomic E-state index is 12.3. The van der Waals surface area contributed by atoms with E-state index in [2.05, 4.69) is 0 Å². The molecule has 0 saturated heterocycles. The van der Waals surface area contributed by atoms with Gasteiger partial charge in [-0.2, -0.15) is 0 Å². The van der Waals surface area contributed by atoms with Crippen LogP contribution in [0.4, 0.5) is 0 Å². The van der Waals surface area contributed by atoms with Crippen molar-refractivity contribution in [3.63, 3.8) is 0 Å². The van der Waals surface area contributed by atoms with E-state index >= 15 is 0 Å². The van der Waals surface area contributed by atoms with E-state index in [1.54, 1.807) is 18.2 Å². The Morgan fingerprint density at radius 3 is 2.17 bits per heavy atom. The van der Waals surface area contributed by atoms with Crippen molar-refractivity contribution in [3.8, 4) is 17.2 Å². The molecule has 0 fully saturated rings. The van der Waals surface area contributed by atoms with Crippen LogP contribution in [-0.4, -0.2) is 35.0 Å². The van der Waals surface area contributed by atoms with Gasteiger partial charge in [-0.15, -0.1) is 0 Å². The first-order valence-electron chi connectivity index (χ1n) is 6.86. The lowest BCUT2D eigenvalue weighted by molar-refractivity contribution is 0.0918. The highest BCUT2D eigenvalue weighted by molar-refractivity contribution is 7.89. The highest BCUT2D eigenvalue weighted by Crippen LogP contribution is 2.25. The first-order chi connectivity index (χ1) is 11.3. The first kappa shape index (κ1) is 17.8. The lowest BCUT2D eigenvalue weighted by atomic mass is 10.1. The highest BCUT2D eigenvalue weighted by atomic mass is 32.2. The van der Waals surface area contributed by atoms with Crippen LogP contribution in [0.5, 0.6) is 17.2 Å². The van der Waals surface area contributed by atoms with E-state index < -0.39 is 10.0 Å². The summed E-state index contributed by atoms with van der Waals surface area (Å²) in [6.45, 7) is -0.225. The monoisotopic (exact) mass is 351 g/mol. The summed E-state index contributed by atoms with van der Waals surface area (Å²) in [6.07, 6.45) is 0. The molecule has 2 aromatic rings. The second-order valence-electron chi connectivity index (χ2n) is 4.79. The van der Waals surface area contributed by atoms with Gasteiger partial charge in [0.15, 0.2) is 6.61 Å². The first-order valence-corrected chi connectivity index (χ1v) is 8.40. The summed E-state index contributed by atoms with van der Waals surface area (Å²) < 4.78 is 38.0. The molecule has 0 aliphatic carbocycles. The predicted molar refractivity (Wildman–Crippen MR) is 87.2 cm³/mol. The largest absolute Gasteiger partial charge is 0.497 e. The number of sulfonamides is 1. The Kier molecular flexibility index (Phi) is 5.42. The second kappa shape index (κ2) is 7.33. The summed E-state index contributed by atoms with van der Waals surface area (Å²) in [7, 11) is -0.785. The third-order valence-electron chi connectivity index (χ3n) is 3.23. The number of primary sulfonamides is 1. The Morgan fingerprint density at radius 2 is 1.62 bits per heavy atom. The molecule has 2 N–H and O–H groups in total. The van der Waals surface area contributed by atoms with Crippen molar-refractivity contribution >= 4 is 15.8 Å². The van der Waals surface area contributed by atoms with Gasteiger partial charge in [-0.25, -0.2) is 13.6 Å². The van der Waals surface area contributed by atoms with Gasteiger partial charge in [0.05, 0.1) is 24.7 Å². The molecule has 24 heavy (non-hydrogen) atoms. The van der Waals surface area contributed by atoms with E-state index in [4.69, 9.17) is 19.3 Å². The van der Waals surface area contributed by atoms with Gasteiger partial charge < -0.3 is 14.2 Å².